The van der Waals surface area contributed by atoms with Gasteiger partial charge in [-0.15, -0.1) is 10.2 Å². The third-order valence-corrected chi connectivity index (χ3v) is 5.55. The van der Waals surface area contributed by atoms with Gasteiger partial charge in [-0.3, -0.25) is 9.59 Å². The molecule has 0 saturated heterocycles. The van der Waals surface area contributed by atoms with Crippen LogP contribution in [0.5, 0.6) is 0 Å². The number of nitrogens with zero attached hydrogens (tertiary/aromatic N) is 2. The van der Waals surface area contributed by atoms with Gasteiger partial charge in [-0.05, 0) is 36.3 Å². The van der Waals surface area contributed by atoms with Crippen LogP contribution in [0.15, 0.2) is 33.9 Å². The summed E-state index contributed by atoms with van der Waals surface area (Å²) in [5, 5.41) is 11.4. The highest BCUT2D eigenvalue weighted by molar-refractivity contribution is 7.99. The minimum Gasteiger partial charge on any atom is -0.408 e. The molecule has 0 spiro atoms. The number of hydrogen-bond donors (Lipinski definition) is 1. The summed E-state index contributed by atoms with van der Waals surface area (Å²) in [6.07, 6.45) is 1.94. The molecule has 1 atom stereocenters. The molecule has 1 amide bonds. The van der Waals surface area contributed by atoms with E-state index >= 15 is 0 Å². The second-order valence-corrected chi connectivity index (χ2v) is 9.50. The van der Waals surface area contributed by atoms with E-state index < -0.39 is 6.04 Å². The first-order chi connectivity index (χ1) is 13.3. The zero-order valence-electron chi connectivity index (χ0n) is 16.8. The summed E-state index contributed by atoms with van der Waals surface area (Å²) in [5.74, 6) is -0.354. The Morgan fingerprint density at radius 3 is 2.36 bits per heavy atom. The summed E-state index contributed by atoms with van der Waals surface area (Å²) in [4.78, 5) is 25.8. The van der Waals surface area contributed by atoms with Crippen molar-refractivity contribution >= 4 is 23.5 Å². The smallest absolute Gasteiger partial charge is 0.286 e. The predicted octanol–water partition coefficient (Wildman–Crippen LogP) is 3.70. The van der Waals surface area contributed by atoms with Gasteiger partial charge in [0.2, 0.25) is 11.7 Å². The number of amides is 1. The van der Waals surface area contributed by atoms with Gasteiger partial charge in [0, 0.05) is 11.2 Å². The number of carbonyl (C=O) groups excluding carboxylic acids is 2. The first-order valence-corrected chi connectivity index (χ1v) is 10.6. The van der Waals surface area contributed by atoms with Crippen LogP contribution in [-0.2, 0) is 17.6 Å². The number of ketones is 1. The van der Waals surface area contributed by atoms with Gasteiger partial charge in [-0.25, -0.2) is 0 Å². The second-order valence-electron chi connectivity index (χ2n) is 7.97. The molecule has 0 saturated carbocycles. The van der Waals surface area contributed by atoms with Crippen molar-refractivity contribution in [1.29, 1.82) is 0 Å². The Bertz CT molecular complexity index is 822. The van der Waals surface area contributed by atoms with Gasteiger partial charge in [0.1, 0.15) is 0 Å². The number of nitrogens with one attached hydrogen (secondary N) is 1. The van der Waals surface area contributed by atoms with E-state index in [1.807, 2.05) is 39.8 Å². The third kappa shape index (κ3) is 5.01. The summed E-state index contributed by atoms with van der Waals surface area (Å²) >= 11 is 1.41. The lowest BCUT2D eigenvalue weighted by atomic mass is 9.98. The van der Waals surface area contributed by atoms with Crippen LogP contribution in [0.3, 0.4) is 0 Å². The van der Waals surface area contributed by atoms with E-state index in [-0.39, 0.29) is 34.7 Å². The molecule has 6 nitrogen and oxygen atoms in total. The third-order valence-electron chi connectivity index (χ3n) is 4.72. The van der Waals surface area contributed by atoms with Gasteiger partial charge in [0.05, 0.1) is 6.04 Å². The van der Waals surface area contributed by atoms with Crippen LogP contribution in [0, 0.1) is 11.8 Å². The lowest BCUT2D eigenvalue weighted by molar-refractivity contribution is -0.125. The Morgan fingerprint density at radius 2 is 1.79 bits per heavy atom. The van der Waals surface area contributed by atoms with Gasteiger partial charge >= 0.3 is 0 Å². The molecular formula is C21H27N3O3S. The molecule has 1 aliphatic carbocycles. The quantitative estimate of drug-likeness (QED) is 0.536. The van der Waals surface area contributed by atoms with Gasteiger partial charge in [0.25, 0.3) is 11.1 Å². The van der Waals surface area contributed by atoms with E-state index in [2.05, 4.69) is 27.6 Å². The average Bonchev–Trinajstić information content (AvgIpc) is 3.26. The van der Waals surface area contributed by atoms with Crippen LogP contribution in [-0.4, -0.2) is 33.2 Å². The highest BCUT2D eigenvalue weighted by Gasteiger charge is 2.32. The van der Waals surface area contributed by atoms with E-state index in [0.29, 0.717) is 24.5 Å². The highest BCUT2D eigenvalue weighted by Crippen LogP contribution is 2.27. The van der Waals surface area contributed by atoms with Crippen LogP contribution in [0.1, 0.15) is 55.9 Å². The van der Waals surface area contributed by atoms with Crippen LogP contribution in [0.2, 0.25) is 0 Å². The Hall–Kier alpha value is -2.15. The van der Waals surface area contributed by atoms with Gasteiger partial charge < -0.3 is 9.73 Å². The molecule has 0 bridgehead atoms. The van der Waals surface area contributed by atoms with Crippen molar-refractivity contribution in [1.82, 2.24) is 15.5 Å². The Labute approximate surface area is 169 Å². The molecule has 150 valence electrons. The first kappa shape index (κ1) is 20.6. The number of benzene rings is 1. The fourth-order valence-electron chi connectivity index (χ4n) is 3.44. The molecule has 0 radical (unpaired) electrons. The average molecular weight is 402 g/mol. The number of thioether (sulfide) groups is 1. The highest BCUT2D eigenvalue weighted by atomic mass is 32.2. The largest absolute Gasteiger partial charge is 0.408 e. The van der Waals surface area contributed by atoms with Crippen molar-refractivity contribution in [2.24, 2.45) is 11.8 Å². The van der Waals surface area contributed by atoms with Crippen molar-refractivity contribution in [2.75, 3.05) is 0 Å². The molecule has 1 aliphatic rings. The van der Waals surface area contributed by atoms with E-state index in [0.717, 1.165) is 0 Å². The fraction of sp³-hybridized carbons (Fsp3) is 0.524. The maximum atomic E-state index is 12.9. The molecular weight excluding hydrogens is 374 g/mol. The summed E-state index contributed by atoms with van der Waals surface area (Å²) in [7, 11) is 0. The molecule has 1 aromatic carbocycles. The summed E-state index contributed by atoms with van der Waals surface area (Å²) in [6, 6.07) is 7.45. The zero-order chi connectivity index (χ0) is 20.3. The Balaban J connectivity index is 1.69. The number of fused-ring (bicyclic) bond motifs is 1. The van der Waals surface area contributed by atoms with Gasteiger partial charge in [0.15, 0.2) is 0 Å². The van der Waals surface area contributed by atoms with E-state index in [4.69, 9.17) is 4.42 Å². The normalized spacial score (nSPS) is 15.1. The van der Waals surface area contributed by atoms with Crippen molar-refractivity contribution in [3.8, 4) is 0 Å². The topological polar surface area (TPSA) is 85.1 Å². The molecule has 2 aromatic rings. The van der Waals surface area contributed by atoms with Crippen molar-refractivity contribution in [2.45, 2.75) is 63.5 Å². The van der Waals surface area contributed by atoms with Gasteiger partial charge in [-0.1, -0.05) is 63.7 Å². The van der Waals surface area contributed by atoms with Crippen molar-refractivity contribution < 1.29 is 14.0 Å². The van der Waals surface area contributed by atoms with Crippen molar-refractivity contribution in [3.05, 3.63) is 41.3 Å². The molecule has 3 rings (SSSR count). The lowest BCUT2D eigenvalue weighted by Gasteiger charge is -2.20. The standard InChI is InChI=1S/C21H27N3O3S/c1-12(2)9-17(18(25)20-23-24-21(27-20)28-13(3)4)22-19(26)16-10-14-7-5-6-8-15(14)11-16/h5-8,12-13,16-17H,9-11H2,1-4H3,(H,22,26). The fourth-order valence-corrected chi connectivity index (χ4v) is 4.06. The molecule has 7 heteroatoms. The van der Waals surface area contributed by atoms with E-state index in [1.165, 1.54) is 22.9 Å². The SMILES string of the molecule is CC(C)CC(NC(=O)C1Cc2ccccc2C1)C(=O)c1nnc(SC(C)C)o1. The number of hydrogen-bond acceptors (Lipinski definition) is 6. The molecule has 1 aromatic heterocycles. The van der Waals surface area contributed by atoms with Crippen LogP contribution >= 0.6 is 11.8 Å². The van der Waals surface area contributed by atoms with Crippen molar-refractivity contribution in [3.63, 3.8) is 0 Å². The minimum absolute atomic E-state index is 0.0381. The number of aromatic nitrogens is 2. The van der Waals surface area contributed by atoms with E-state index in [1.54, 1.807) is 0 Å². The molecule has 1 N–H and O–H groups in total. The minimum atomic E-state index is -0.659. The number of rotatable bonds is 8. The number of carbonyl (C=O) groups is 2. The second kappa shape index (κ2) is 8.90. The maximum absolute atomic E-state index is 12.9. The molecule has 1 heterocycles. The Kier molecular flexibility index (Phi) is 6.54. The van der Waals surface area contributed by atoms with Crippen LogP contribution < -0.4 is 5.32 Å². The molecule has 0 aliphatic heterocycles. The maximum Gasteiger partial charge on any atom is 0.286 e. The monoisotopic (exact) mass is 401 g/mol. The van der Waals surface area contributed by atoms with Crippen LogP contribution in [0.4, 0.5) is 0 Å². The zero-order valence-corrected chi connectivity index (χ0v) is 17.6. The van der Waals surface area contributed by atoms with E-state index in [9.17, 15) is 9.59 Å². The summed E-state index contributed by atoms with van der Waals surface area (Å²) < 4.78 is 5.52. The summed E-state index contributed by atoms with van der Waals surface area (Å²) in [6.45, 7) is 8.06. The predicted molar refractivity (Wildman–Crippen MR) is 108 cm³/mol. The van der Waals surface area contributed by atoms with Gasteiger partial charge in [-0.2, -0.15) is 0 Å². The molecule has 0 fully saturated rings. The Morgan fingerprint density at radius 1 is 1.14 bits per heavy atom. The van der Waals surface area contributed by atoms with Crippen LogP contribution in [0.25, 0.3) is 0 Å². The molecule has 1 unspecified atom stereocenters. The first-order valence-electron chi connectivity index (χ1n) is 9.75. The summed E-state index contributed by atoms with van der Waals surface area (Å²) in [5.41, 5.74) is 2.42. The lowest BCUT2D eigenvalue weighted by Crippen LogP contribution is -2.44. The number of Topliss-reactive ketones (excluding diaryl/α,β-unsaturated/α-hetero) is 1. The molecule has 28 heavy (non-hydrogen) atoms.